The van der Waals surface area contributed by atoms with Crippen LogP contribution in [0.15, 0.2) is 12.1 Å². The van der Waals surface area contributed by atoms with Gasteiger partial charge in [-0.1, -0.05) is 18.0 Å². The zero-order valence-electron chi connectivity index (χ0n) is 12.4. The summed E-state index contributed by atoms with van der Waals surface area (Å²) < 4.78 is 7.23. The molecule has 112 valence electrons. The predicted octanol–water partition coefficient (Wildman–Crippen LogP) is 3.60. The van der Waals surface area contributed by atoms with E-state index < -0.39 is 0 Å². The number of nitrogens with zero attached hydrogens (tertiary/aromatic N) is 2. The van der Waals surface area contributed by atoms with Gasteiger partial charge in [-0.25, -0.2) is 0 Å². The van der Waals surface area contributed by atoms with E-state index >= 15 is 0 Å². The number of ether oxygens (including phenoxy) is 1. The molecule has 0 atom stereocenters. The molecule has 3 rings (SSSR count). The molecule has 0 unspecified atom stereocenters. The van der Waals surface area contributed by atoms with Crippen LogP contribution in [-0.4, -0.2) is 16.9 Å². The van der Waals surface area contributed by atoms with Crippen molar-refractivity contribution >= 4 is 17.4 Å². The molecule has 1 aliphatic rings. The quantitative estimate of drug-likeness (QED) is 0.863. The van der Waals surface area contributed by atoms with E-state index in [0.29, 0.717) is 11.6 Å². The molecule has 4 nitrogen and oxygen atoms in total. The van der Waals surface area contributed by atoms with Crippen molar-refractivity contribution in [3.05, 3.63) is 28.3 Å². The number of nitrogens with two attached hydrogens (primary N) is 1. The van der Waals surface area contributed by atoms with Gasteiger partial charge in [-0.2, -0.15) is 5.10 Å². The van der Waals surface area contributed by atoms with Gasteiger partial charge >= 0.3 is 0 Å². The lowest BCUT2D eigenvalue weighted by molar-refractivity contribution is 0.416. The molecule has 0 spiro atoms. The number of methoxy groups -OCH3 is 1. The van der Waals surface area contributed by atoms with E-state index in [4.69, 9.17) is 22.1 Å². The van der Waals surface area contributed by atoms with Crippen molar-refractivity contribution in [2.24, 2.45) is 7.05 Å². The SMILES string of the molecule is COc1c(-c2cc(N)n(C)n2)cc2c(c1Cl)CCCCC2. The van der Waals surface area contributed by atoms with Crippen molar-refractivity contribution < 1.29 is 4.74 Å². The summed E-state index contributed by atoms with van der Waals surface area (Å²) in [7, 11) is 3.48. The molecule has 21 heavy (non-hydrogen) atoms. The molecule has 0 radical (unpaired) electrons. The third-order valence-electron chi connectivity index (χ3n) is 4.18. The molecule has 1 aliphatic carbocycles. The zero-order chi connectivity index (χ0) is 15.0. The van der Waals surface area contributed by atoms with E-state index in [1.807, 2.05) is 13.1 Å². The molecule has 0 saturated carbocycles. The summed E-state index contributed by atoms with van der Waals surface area (Å²) in [5.41, 5.74) is 10.2. The molecular formula is C16H20ClN3O. The highest BCUT2D eigenvalue weighted by Gasteiger charge is 2.21. The summed E-state index contributed by atoms with van der Waals surface area (Å²) in [6.07, 6.45) is 5.73. The van der Waals surface area contributed by atoms with Gasteiger partial charge in [-0.05, 0) is 42.9 Å². The number of nitrogen functional groups attached to an aromatic ring is 1. The highest BCUT2D eigenvalue weighted by Crippen LogP contribution is 2.42. The van der Waals surface area contributed by atoms with Crippen molar-refractivity contribution in [1.29, 1.82) is 0 Å². The van der Waals surface area contributed by atoms with Gasteiger partial charge in [0.2, 0.25) is 0 Å². The number of hydrogen-bond donors (Lipinski definition) is 1. The minimum absolute atomic E-state index is 0.623. The molecule has 1 aromatic carbocycles. The summed E-state index contributed by atoms with van der Waals surface area (Å²) in [6.45, 7) is 0. The zero-order valence-corrected chi connectivity index (χ0v) is 13.2. The molecule has 0 fully saturated rings. The van der Waals surface area contributed by atoms with E-state index in [0.717, 1.165) is 29.1 Å². The number of anilines is 1. The van der Waals surface area contributed by atoms with Crippen molar-refractivity contribution in [1.82, 2.24) is 9.78 Å². The van der Waals surface area contributed by atoms with Crippen LogP contribution in [0.25, 0.3) is 11.3 Å². The summed E-state index contributed by atoms with van der Waals surface area (Å²) in [5.74, 6) is 1.33. The molecule has 0 saturated heterocycles. The lowest BCUT2D eigenvalue weighted by Gasteiger charge is -2.16. The normalized spacial score (nSPS) is 14.6. The molecule has 0 aliphatic heterocycles. The Labute approximate surface area is 129 Å². The Morgan fingerprint density at radius 1 is 1.24 bits per heavy atom. The number of halogens is 1. The molecule has 0 bridgehead atoms. The Hall–Kier alpha value is -1.68. The molecule has 1 aromatic heterocycles. The number of hydrogen-bond acceptors (Lipinski definition) is 3. The van der Waals surface area contributed by atoms with Crippen LogP contribution in [0.3, 0.4) is 0 Å². The van der Waals surface area contributed by atoms with E-state index in [2.05, 4.69) is 11.2 Å². The van der Waals surface area contributed by atoms with Crippen LogP contribution >= 0.6 is 11.6 Å². The van der Waals surface area contributed by atoms with E-state index in [9.17, 15) is 0 Å². The minimum Gasteiger partial charge on any atom is -0.494 e. The molecular weight excluding hydrogens is 286 g/mol. The first-order valence-electron chi connectivity index (χ1n) is 7.30. The fraction of sp³-hybridized carbons (Fsp3) is 0.438. The lowest BCUT2D eigenvalue weighted by Crippen LogP contribution is -1.99. The van der Waals surface area contributed by atoms with Gasteiger partial charge in [-0.3, -0.25) is 4.68 Å². The van der Waals surface area contributed by atoms with Crippen molar-refractivity contribution in [2.75, 3.05) is 12.8 Å². The average molecular weight is 306 g/mol. The van der Waals surface area contributed by atoms with Gasteiger partial charge in [0.1, 0.15) is 11.6 Å². The Bertz CT molecular complexity index is 659. The fourth-order valence-electron chi connectivity index (χ4n) is 3.01. The van der Waals surface area contributed by atoms with Crippen LogP contribution in [-0.2, 0) is 19.9 Å². The van der Waals surface area contributed by atoms with Crippen molar-refractivity contribution in [2.45, 2.75) is 32.1 Å². The Morgan fingerprint density at radius 3 is 2.67 bits per heavy atom. The second-order valence-electron chi connectivity index (χ2n) is 5.55. The van der Waals surface area contributed by atoms with Crippen LogP contribution in [0.5, 0.6) is 5.75 Å². The molecule has 2 N–H and O–H groups in total. The highest BCUT2D eigenvalue weighted by atomic mass is 35.5. The van der Waals surface area contributed by atoms with Gasteiger partial charge in [0.15, 0.2) is 0 Å². The first-order valence-corrected chi connectivity index (χ1v) is 7.67. The van der Waals surface area contributed by atoms with E-state index in [1.165, 1.54) is 30.4 Å². The lowest BCUT2D eigenvalue weighted by atomic mass is 9.97. The number of aromatic nitrogens is 2. The smallest absolute Gasteiger partial charge is 0.147 e. The largest absolute Gasteiger partial charge is 0.494 e. The molecule has 0 amide bonds. The van der Waals surface area contributed by atoms with E-state index in [1.54, 1.807) is 11.8 Å². The van der Waals surface area contributed by atoms with Crippen LogP contribution in [0, 0.1) is 0 Å². The van der Waals surface area contributed by atoms with Gasteiger partial charge in [-0.15, -0.1) is 0 Å². The predicted molar refractivity (Wildman–Crippen MR) is 85.9 cm³/mol. The number of fused-ring (bicyclic) bond motifs is 1. The summed E-state index contributed by atoms with van der Waals surface area (Å²) in [6, 6.07) is 4.03. The third-order valence-corrected chi connectivity index (χ3v) is 4.58. The van der Waals surface area contributed by atoms with Crippen LogP contribution in [0.4, 0.5) is 5.82 Å². The molecule has 1 heterocycles. The van der Waals surface area contributed by atoms with Crippen molar-refractivity contribution in [3.63, 3.8) is 0 Å². The second kappa shape index (κ2) is 5.60. The van der Waals surface area contributed by atoms with Gasteiger partial charge in [0.25, 0.3) is 0 Å². The van der Waals surface area contributed by atoms with Gasteiger partial charge in [0.05, 0.1) is 17.8 Å². The Kier molecular flexibility index (Phi) is 3.81. The topological polar surface area (TPSA) is 53.1 Å². The number of rotatable bonds is 2. The van der Waals surface area contributed by atoms with E-state index in [-0.39, 0.29) is 0 Å². The first-order chi connectivity index (χ1) is 10.1. The van der Waals surface area contributed by atoms with Crippen LogP contribution in [0.1, 0.15) is 30.4 Å². The Balaban J connectivity index is 2.20. The Morgan fingerprint density at radius 2 is 2.00 bits per heavy atom. The van der Waals surface area contributed by atoms with Gasteiger partial charge in [0, 0.05) is 18.7 Å². The highest BCUT2D eigenvalue weighted by molar-refractivity contribution is 6.33. The second-order valence-corrected chi connectivity index (χ2v) is 5.93. The number of aryl methyl sites for hydroxylation is 2. The first kappa shape index (κ1) is 14.3. The third kappa shape index (κ3) is 2.48. The molecule has 2 aromatic rings. The maximum absolute atomic E-state index is 6.61. The summed E-state index contributed by atoms with van der Waals surface area (Å²) in [4.78, 5) is 0. The maximum Gasteiger partial charge on any atom is 0.147 e. The standard InChI is InChI=1S/C16H20ClN3O/c1-20-14(18)9-13(19-20)12-8-10-6-4-3-5-7-11(10)15(17)16(12)21-2/h8-9H,3-7,18H2,1-2H3. The van der Waals surface area contributed by atoms with Crippen LogP contribution < -0.4 is 10.5 Å². The molecule has 5 heteroatoms. The number of benzene rings is 1. The fourth-order valence-corrected chi connectivity index (χ4v) is 3.41. The van der Waals surface area contributed by atoms with Gasteiger partial charge < -0.3 is 10.5 Å². The van der Waals surface area contributed by atoms with Crippen molar-refractivity contribution in [3.8, 4) is 17.0 Å². The average Bonchev–Trinajstić information content (AvgIpc) is 2.67. The summed E-state index contributed by atoms with van der Waals surface area (Å²) >= 11 is 6.61. The van der Waals surface area contributed by atoms with Crippen LogP contribution in [0.2, 0.25) is 5.02 Å². The monoisotopic (exact) mass is 305 g/mol. The minimum atomic E-state index is 0.623. The maximum atomic E-state index is 6.61. The summed E-state index contributed by atoms with van der Waals surface area (Å²) in [5, 5.41) is 5.19.